The highest BCUT2D eigenvalue weighted by atomic mass is 16.5. The van der Waals surface area contributed by atoms with E-state index in [2.05, 4.69) is 17.0 Å². The molecule has 2 aliphatic heterocycles. The van der Waals surface area contributed by atoms with Crippen molar-refractivity contribution in [3.05, 3.63) is 58.7 Å². The van der Waals surface area contributed by atoms with Gasteiger partial charge < -0.3 is 14.6 Å². The van der Waals surface area contributed by atoms with E-state index in [4.69, 9.17) is 9.47 Å². The lowest BCUT2D eigenvalue weighted by Gasteiger charge is -2.34. The second kappa shape index (κ2) is 12.2. The summed E-state index contributed by atoms with van der Waals surface area (Å²) < 4.78 is 11.6. The largest absolute Gasteiger partial charge is 0.493 e. The second-order valence-electron chi connectivity index (χ2n) is 11.0. The normalized spacial score (nSPS) is 18.1. The lowest BCUT2D eigenvalue weighted by Crippen LogP contribution is -2.34. The van der Waals surface area contributed by atoms with E-state index >= 15 is 0 Å². The van der Waals surface area contributed by atoms with Gasteiger partial charge in [-0.25, -0.2) is 0 Å². The highest BCUT2D eigenvalue weighted by Gasteiger charge is 2.30. The molecule has 5 rings (SSSR count). The summed E-state index contributed by atoms with van der Waals surface area (Å²) in [4.78, 5) is 39.4. The molecule has 0 spiro atoms. The van der Waals surface area contributed by atoms with Crippen molar-refractivity contribution >= 4 is 17.8 Å². The van der Waals surface area contributed by atoms with Gasteiger partial charge >= 0.3 is 5.97 Å². The van der Waals surface area contributed by atoms with Crippen LogP contribution in [0.4, 0.5) is 0 Å². The number of imide groups is 1. The number of fused-ring (bicyclic) bond motifs is 1. The van der Waals surface area contributed by atoms with Gasteiger partial charge in [0.1, 0.15) is 18.1 Å². The van der Waals surface area contributed by atoms with Crippen LogP contribution in [0.1, 0.15) is 73.2 Å². The van der Waals surface area contributed by atoms with Crippen LogP contribution in [0.5, 0.6) is 11.5 Å². The van der Waals surface area contributed by atoms with Gasteiger partial charge in [-0.05, 0) is 60.1 Å². The van der Waals surface area contributed by atoms with E-state index in [9.17, 15) is 19.5 Å². The molecule has 8 nitrogen and oxygen atoms in total. The van der Waals surface area contributed by atoms with Gasteiger partial charge in [0, 0.05) is 38.4 Å². The number of aliphatic carboxylic acids is 1. The summed E-state index contributed by atoms with van der Waals surface area (Å²) >= 11 is 0. The number of likely N-dealkylation sites (tertiary alicyclic amines) is 1. The number of aryl methyl sites for hydroxylation is 1. The van der Waals surface area contributed by atoms with E-state index in [1.54, 1.807) is 0 Å². The van der Waals surface area contributed by atoms with Gasteiger partial charge in [-0.15, -0.1) is 0 Å². The van der Waals surface area contributed by atoms with Gasteiger partial charge in [0.25, 0.3) is 0 Å². The minimum Gasteiger partial charge on any atom is -0.493 e. The molecular weight excluding hydrogens is 496 g/mol. The van der Waals surface area contributed by atoms with Crippen molar-refractivity contribution in [1.29, 1.82) is 0 Å². The van der Waals surface area contributed by atoms with E-state index in [1.165, 1.54) is 30.6 Å². The summed E-state index contributed by atoms with van der Waals surface area (Å²) in [6.07, 6.45) is 6.30. The van der Waals surface area contributed by atoms with Gasteiger partial charge in [-0.3, -0.25) is 24.2 Å². The van der Waals surface area contributed by atoms with Crippen LogP contribution in [-0.2, 0) is 27.3 Å². The Morgan fingerprint density at radius 3 is 2.59 bits per heavy atom. The van der Waals surface area contributed by atoms with E-state index in [-0.39, 0.29) is 50.3 Å². The van der Waals surface area contributed by atoms with Crippen LogP contribution >= 0.6 is 0 Å². The molecule has 8 heteroatoms. The zero-order valence-electron chi connectivity index (χ0n) is 22.7. The zero-order valence-corrected chi connectivity index (χ0v) is 22.7. The third kappa shape index (κ3) is 6.61. The SMILES string of the molecule is Cc1cc(CN(CC2CCCC2)C(CC(=O)O)c2ccc3c(c2)CCO3)ccc1OCCN1C(=O)CCC1=O. The number of carbonyl (C=O) groups is 3. The van der Waals surface area contributed by atoms with Crippen molar-refractivity contribution in [3.8, 4) is 11.5 Å². The summed E-state index contributed by atoms with van der Waals surface area (Å²) in [7, 11) is 0. The number of carboxylic acid groups (broad SMARTS) is 1. The highest BCUT2D eigenvalue weighted by molar-refractivity contribution is 6.01. The first-order valence-corrected chi connectivity index (χ1v) is 14.1. The molecule has 2 heterocycles. The molecule has 2 amide bonds. The van der Waals surface area contributed by atoms with Crippen LogP contribution in [0.25, 0.3) is 0 Å². The fourth-order valence-electron chi connectivity index (χ4n) is 6.19. The average molecular weight is 535 g/mol. The van der Waals surface area contributed by atoms with Crippen molar-refractivity contribution in [2.45, 2.75) is 70.9 Å². The second-order valence-corrected chi connectivity index (χ2v) is 11.0. The van der Waals surface area contributed by atoms with Gasteiger partial charge in [0.05, 0.1) is 19.6 Å². The smallest absolute Gasteiger partial charge is 0.305 e. The summed E-state index contributed by atoms with van der Waals surface area (Å²) in [5.41, 5.74) is 4.25. The Hall–Kier alpha value is -3.39. The Kier molecular flexibility index (Phi) is 8.50. The fraction of sp³-hybridized carbons (Fsp3) is 0.516. The molecule has 2 aromatic rings. The van der Waals surface area contributed by atoms with Crippen LogP contribution in [0.15, 0.2) is 36.4 Å². The monoisotopic (exact) mass is 534 g/mol. The first-order chi connectivity index (χ1) is 18.9. The molecule has 0 radical (unpaired) electrons. The van der Waals surface area contributed by atoms with Crippen molar-refractivity contribution in [2.24, 2.45) is 5.92 Å². The quantitative estimate of drug-likeness (QED) is 0.396. The Morgan fingerprint density at radius 2 is 1.87 bits per heavy atom. The lowest BCUT2D eigenvalue weighted by molar-refractivity contribution is -0.140. The van der Waals surface area contributed by atoms with E-state index in [0.29, 0.717) is 19.1 Å². The van der Waals surface area contributed by atoms with E-state index in [1.807, 2.05) is 31.2 Å². The maximum Gasteiger partial charge on any atom is 0.305 e. The molecule has 2 aromatic carbocycles. The number of ether oxygens (including phenoxy) is 2. The molecular formula is C31H38N2O6. The van der Waals surface area contributed by atoms with Crippen LogP contribution in [0, 0.1) is 12.8 Å². The molecule has 1 aliphatic carbocycles. The number of amides is 2. The fourth-order valence-corrected chi connectivity index (χ4v) is 6.19. The predicted octanol–water partition coefficient (Wildman–Crippen LogP) is 4.67. The number of nitrogens with zero attached hydrogens (tertiary/aromatic N) is 2. The first-order valence-electron chi connectivity index (χ1n) is 14.1. The van der Waals surface area contributed by atoms with Gasteiger partial charge in [0.2, 0.25) is 11.8 Å². The summed E-state index contributed by atoms with van der Waals surface area (Å²) in [5.74, 6) is 1.12. The number of carbonyl (C=O) groups excluding carboxylic acids is 2. The Labute approximate surface area is 229 Å². The van der Waals surface area contributed by atoms with Gasteiger partial charge in [-0.1, -0.05) is 37.1 Å². The topological polar surface area (TPSA) is 96.4 Å². The first kappa shape index (κ1) is 27.2. The molecule has 1 atom stereocenters. The van der Waals surface area contributed by atoms with Crippen molar-refractivity contribution < 1.29 is 29.0 Å². The molecule has 1 N–H and O–H groups in total. The average Bonchev–Trinajstić information content (AvgIpc) is 3.66. The van der Waals surface area contributed by atoms with E-state index < -0.39 is 5.97 Å². The Bertz CT molecular complexity index is 1210. The van der Waals surface area contributed by atoms with Gasteiger partial charge in [0.15, 0.2) is 0 Å². The predicted molar refractivity (Wildman–Crippen MR) is 146 cm³/mol. The minimum atomic E-state index is -0.803. The molecule has 208 valence electrons. The molecule has 1 saturated carbocycles. The summed E-state index contributed by atoms with van der Waals surface area (Å²) in [6.45, 7) is 4.68. The van der Waals surface area contributed by atoms with Crippen molar-refractivity contribution in [3.63, 3.8) is 0 Å². The van der Waals surface area contributed by atoms with Gasteiger partial charge in [-0.2, -0.15) is 0 Å². The number of carboxylic acids is 1. The van der Waals surface area contributed by atoms with Crippen LogP contribution in [-0.4, -0.2) is 59.0 Å². The molecule has 0 bridgehead atoms. The molecule has 1 saturated heterocycles. The van der Waals surface area contributed by atoms with Crippen molar-refractivity contribution in [1.82, 2.24) is 9.80 Å². The van der Waals surface area contributed by atoms with Crippen molar-refractivity contribution in [2.75, 3.05) is 26.3 Å². The molecule has 3 aliphatic rings. The molecule has 1 unspecified atom stereocenters. The van der Waals surface area contributed by atoms with Crippen LogP contribution < -0.4 is 9.47 Å². The van der Waals surface area contributed by atoms with E-state index in [0.717, 1.165) is 46.7 Å². The number of hydrogen-bond acceptors (Lipinski definition) is 6. The van der Waals surface area contributed by atoms with Crippen LogP contribution in [0.3, 0.4) is 0 Å². The Balaban J connectivity index is 1.32. The third-order valence-corrected chi connectivity index (χ3v) is 8.23. The lowest BCUT2D eigenvalue weighted by atomic mass is 9.96. The molecule has 2 fully saturated rings. The number of hydrogen-bond donors (Lipinski definition) is 1. The highest BCUT2D eigenvalue weighted by Crippen LogP contribution is 2.35. The molecule has 0 aromatic heterocycles. The minimum absolute atomic E-state index is 0.0421. The third-order valence-electron chi connectivity index (χ3n) is 8.23. The standard InChI is InChI=1S/C31H38N2O6/c1-21-16-23(6-8-27(21)39-15-13-33-29(34)10-11-30(33)35)20-32(19-22-4-2-3-5-22)26(18-31(36)37)24-7-9-28-25(17-24)12-14-38-28/h6-9,16-17,22,26H,2-5,10-15,18-20H2,1H3,(H,36,37). The zero-order chi connectivity index (χ0) is 27.4. The number of rotatable bonds is 12. The maximum atomic E-state index is 12.0. The maximum absolute atomic E-state index is 12.0. The molecule has 39 heavy (non-hydrogen) atoms. The number of benzene rings is 2. The summed E-state index contributed by atoms with van der Waals surface area (Å²) in [5, 5.41) is 9.88. The Morgan fingerprint density at radius 1 is 1.10 bits per heavy atom. The van der Waals surface area contributed by atoms with Crippen LogP contribution in [0.2, 0.25) is 0 Å². The summed E-state index contributed by atoms with van der Waals surface area (Å²) in [6, 6.07) is 12.0.